The molecule has 3 aromatic rings. The maximum absolute atomic E-state index is 13.8. The van der Waals surface area contributed by atoms with E-state index in [0.29, 0.717) is 53.4 Å². The van der Waals surface area contributed by atoms with Crippen LogP contribution in [0.5, 0.6) is 0 Å². The van der Waals surface area contributed by atoms with Gasteiger partial charge < -0.3 is 14.8 Å². The molecule has 0 bridgehead atoms. The molecule has 5 rings (SSSR count). The number of aryl methyl sites for hydroxylation is 1. The van der Waals surface area contributed by atoms with Crippen LogP contribution in [0.15, 0.2) is 59.5 Å². The first kappa shape index (κ1) is 24.6. The minimum Gasteiger partial charge on any atom is -0.353 e. The highest BCUT2D eigenvalue weighted by molar-refractivity contribution is 6.33. The van der Waals surface area contributed by atoms with Gasteiger partial charge in [0, 0.05) is 31.9 Å². The van der Waals surface area contributed by atoms with E-state index < -0.39 is 0 Å². The molecule has 1 aliphatic heterocycles. The number of pyridine rings is 1. The van der Waals surface area contributed by atoms with Crippen molar-refractivity contribution in [3.63, 3.8) is 0 Å². The van der Waals surface area contributed by atoms with E-state index in [0.717, 1.165) is 36.8 Å². The minimum atomic E-state index is -0.239. The zero-order chi connectivity index (χ0) is 25.2. The lowest BCUT2D eigenvalue weighted by Gasteiger charge is -2.33. The number of piperidine rings is 1. The van der Waals surface area contributed by atoms with Crippen LogP contribution in [0.25, 0.3) is 0 Å². The van der Waals surface area contributed by atoms with E-state index in [4.69, 9.17) is 11.6 Å². The van der Waals surface area contributed by atoms with Crippen LogP contribution >= 0.6 is 11.6 Å². The summed E-state index contributed by atoms with van der Waals surface area (Å²) in [5, 5.41) is 3.79. The van der Waals surface area contributed by atoms with Crippen LogP contribution in [0.4, 0.5) is 15.8 Å². The van der Waals surface area contributed by atoms with Crippen LogP contribution in [-0.2, 0) is 6.54 Å². The second-order valence-electron chi connectivity index (χ2n) is 10.1. The molecule has 0 radical (unpaired) electrons. The van der Waals surface area contributed by atoms with E-state index in [-0.39, 0.29) is 17.3 Å². The minimum absolute atomic E-state index is 0.0961. The van der Waals surface area contributed by atoms with Gasteiger partial charge in [0.25, 0.3) is 11.5 Å². The zero-order valence-electron chi connectivity index (χ0n) is 20.5. The second kappa shape index (κ2) is 10.5. The van der Waals surface area contributed by atoms with Crippen molar-refractivity contribution in [2.75, 3.05) is 18.4 Å². The van der Waals surface area contributed by atoms with Crippen LogP contribution in [-0.4, -0.2) is 28.5 Å². The van der Waals surface area contributed by atoms with Gasteiger partial charge in [0.2, 0.25) is 0 Å². The van der Waals surface area contributed by atoms with Crippen molar-refractivity contribution < 1.29 is 9.18 Å². The van der Waals surface area contributed by atoms with Crippen molar-refractivity contribution in [1.29, 1.82) is 0 Å². The smallest absolute Gasteiger partial charge is 0.257 e. The molecule has 1 aliphatic carbocycles. The Morgan fingerprint density at radius 1 is 1.03 bits per heavy atom. The van der Waals surface area contributed by atoms with Crippen LogP contribution in [0, 0.1) is 18.7 Å². The number of rotatable bonds is 6. The van der Waals surface area contributed by atoms with Crippen molar-refractivity contribution in [1.82, 2.24) is 9.47 Å². The lowest BCUT2D eigenvalue weighted by molar-refractivity contribution is 0.0712. The Kier molecular flexibility index (Phi) is 7.15. The summed E-state index contributed by atoms with van der Waals surface area (Å²) in [6.07, 6.45) is 6.77. The van der Waals surface area contributed by atoms with Gasteiger partial charge in [-0.3, -0.25) is 9.59 Å². The summed E-state index contributed by atoms with van der Waals surface area (Å²) < 4.78 is 15.0. The summed E-state index contributed by atoms with van der Waals surface area (Å²) in [7, 11) is 0. The molecule has 188 valence electrons. The van der Waals surface area contributed by atoms with Crippen molar-refractivity contribution in [3.8, 4) is 0 Å². The van der Waals surface area contributed by atoms with E-state index in [1.807, 2.05) is 36.1 Å². The quantitative estimate of drug-likeness (QED) is 0.413. The first-order valence-electron chi connectivity index (χ1n) is 12.7. The predicted octanol–water partition coefficient (Wildman–Crippen LogP) is 6.51. The number of nitrogens with zero attached hydrogens (tertiary/aromatic N) is 2. The van der Waals surface area contributed by atoms with Crippen LogP contribution < -0.4 is 10.9 Å². The molecule has 2 aromatic carbocycles. The molecule has 1 amide bonds. The number of benzene rings is 2. The standard InChI is InChI=1S/C29H31ClFN3O2/c1-19-5-10-25(30)27(15-19)32-26-16-28(35)34(17-20-3-2-4-20)18-24(26)29(36)33-13-11-22(12-14-33)21-6-8-23(31)9-7-21/h5-10,15-16,18,20,22,32H,2-4,11-14,17H2,1H3. The third-order valence-corrected chi connectivity index (χ3v) is 7.88. The highest BCUT2D eigenvalue weighted by Crippen LogP contribution is 2.32. The van der Waals surface area contributed by atoms with Gasteiger partial charge in [-0.15, -0.1) is 0 Å². The third kappa shape index (κ3) is 5.34. The average Bonchev–Trinajstić information content (AvgIpc) is 2.85. The fraction of sp³-hybridized carbons (Fsp3) is 0.379. The number of carbonyl (C=O) groups excluding carboxylic acids is 1. The molecular formula is C29H31ClFN3O2. The van der Waals surface area contributed by atoms with Crippen molar-refractivity contribution >= 4 is 28.9 Å². The molecule has 2 heterocycles. The molecule has 0 unspecified atom stereocenters. The third-order valence-electron chi connectivity index (χ3n) is 7.55. The van der Waals surface area contributed by atoms with Crippen LogP contribution in [0.2, 0.25) is 5.02 Å². The summed E-state index contributed by atoms with van der Waals surface area (Å²) in [6.45, 7) is 3.81. The lowest BCUT2D eigenvalue weighted by Crippen LogP contribution is -2.39. The number of hydrogen-bond acceptors (Lipinski definition) is 3. The number of carbonyl (C=O) groups is 1. The Hall–Kier alpha value is -3.12. The number of amides is 1. The maximum atomic E-state index is 13.8. The SMILES string of the molecule is Cc1ccc(Cl)c(Nc2cc(=O)n(CC3CCC3)cc2C(=O)N2CCC(c3ccc(F)cc3)CC2)c1. The Morgan fingerprint density at radius 3 is 2.42 bits per heavy atom. The fourth-order valence-electron chi connectivity index (χ4n) is 5.14. The molecule has 1 saturated carbocycles. The van der Waals surface area contributed by atoms with E-state index in [9.17, 15) is 14.0 Å². The molecule has 1 aromatic heterocycles. The molecular weight excluding hydrogens is 477 g/mol. The van der Waals surface area contributed by atoms with E-state index >= 15 is 0 Å². The zero-order valence-corrected chi connectivity index (χ0v) is 21.2. The molecule has 0 spiro atoms. The van der Waals surface area contributed by atoms with Crippen molar-refractivity contribution in [2.45, 2.75) is 51.5 Å². The van der Waals surface area contributed by atoms with Crippen LogP contribution in [0.1, 0.15) is 59.5 Å². The normalized spacial score (nSPS) is 16.6. The van der Waals surface area contributed by atoms with Crippen molar-refractivity contribution in [2.24, 2.45) is 5.92 Å². The summed E-state index contributed by atoms with van der Waals surface area (Å²) in [5.41, 5.74) is 3.62. The summed E-state index contributed by atoms with van der Waals surface area (Å²) in [4.78, 5) is 28.6. The molecule has 2 fully saturated rings. The Balaban J connectivity index is 1.40. The first-order chi connectivity index (χ1) is 17.4. The van der Waals surface area contributed by atoms with E-state index in [1.165, 1.54) is 24.6 Å². The first-order valence-corrected chi connectivity index (χ1v) is 13.1. The van der Waals surface area contributed by atoms with E-state index in [1.54, 1.807) is 16.8 Å². The number of hydrogen-bond donors (Lipinski definition) is 1. The van der Waals surface area contributed by atoms with E-state index in [2.05, 4.69) is 5.32 Å². The molecule has 2 aliphatic rings. The largest absolute Gasteiger partial charge is 0.353 e. The highest BCUT2D eigenvalue weighted by atomic mass is 35.5. The number of halogens is 2. The van der Waals surface area contributed by atoms with Gasteiger partial charge in [-0.2, -0.15) is 0 Å². The van der Waals surface area contributed by atoms with Gasteiger partial charge in [0.1, 0.15) is 5.82 Å². The molecule has 5 nitrogen and oxygen atoms in total. The predicted molar refractivity (Wildman–Crippen MR) is 142 cm³/mol. The molecule has 0 atom stereocenters. The summed E-state index contributed by atoms with van der Waals surface area (Å²) in [6, 6.07) is 13.8. The topological polar surface area (TPSA) is 54.3 Å². The van der Waals surface area contributed by atoms with Gasteiger partial charge in [-0.1, -0.05) is 36.2 Å². The molecule has 36 heavy (non-hydrogen) atoms. The van der Waals surface area contributed by atoms with Crippen LogP contribution in [0.3, 0.4) is 0 Å². The monoisotopic (exact) mass is 507 g/mol. The van der Waals surface area contributed by atoms with Gasteiger partial charge in [0.15, 0.2) is 0 Å². The molecule has 1 saturated heterocycles. The summed E-state index contributed by atoms with van der Waals surface area (Å²) >= 11 is 6.41. The van der Waals surface area contributed by atoms with Crippen molar-refractivity contribution in [3.05, 3.63) is 92.6 Å². The van der Waals surface area contributed by atoms with Gasteiger partial charge in [-0.25, -0.2) is 4.39 Å². The maximum Gasteiger partial charge on any atom is 0.257 e. The van der Waals surface area contributed by atoms with Gasteiger partial charge in [-0.05, 0) is 79.8 Å². The Bertz CT molecular complexity index is 1310. The van der Waals surface area contributed by atoms with Gasteiger partial charge >= 0.3 is 0 Å². The number of likely N-dealkylation sites (tertiary alicyclic amines) is 1. The average molecular weight is 508 g/mol. The fourth-order valence-corrected chi connectivity index (χ4v) is 5.31. The second-order valence-corrected chi connectivity index (χ2v) is 10.5. The Labute approximate surface area is 215 Å². The van der Waals surface area contributed by atoms with Gasteiger partial charge in [0.05, 0.1) is 22.0 Å². The Morgan fingerprint density at radius 2 is 1.75 bits per heavy atom. The number of nitrogens with one attached hydrogen (secondary N) is 1. The lowest BCUT2D eigenvalue weighted by atomic mass is 9.85. The number of anilines is 2. The number of aromatic nitrogens is 1. The molecule has 1 N–H and O–H groups in total. The molecule has 7 heteroatoms. The summed E-state index contributed by atoms with van der Waals surface area (Å²) in [5.74, 6) is 0.450. The highest BCUT2D eigenvalue weighted by Gasteiger charge is 2.27.